The molecule has 0 aliphatic heterocycles. The largest absolute Gasteiger partial charge is 0.388 e. The molecule has 1 nitrogen and oxygen atoms in total. The highest BCUT2D eigenvalue weighted by atomic mass is 16.3. The molecule has 1 atom stereocenters. The van der Waals surface area contributed by atoms with Gasteiger partial charge in [-0.15, -0.1) is 0 Å². The molecule has 0 rings (SSSR count). The first-order valence-electron chi connectivity index (χ1n) is 4.09. The van der Waals surface area contributed by atoms with Crippen molar-refractivity contribution in [2.24, 2.45) is 5.41 Å². The van der Waals surface area contributed by atoms with Crippen LogP contribution in [0.4, 0.5) is 0 Å². The zero-order valence-corrected chi connectivity index (χ0v) is 8.52. The van der Waals surface area contributed by atoms with Crippen molar-refractivity contribution in [3.05, 3.63) is 11.1 Å². The molecule has 11 heavy (non-hydrogen) atoms. The van der Waals surface area contributed by atoms with E-state index in [9.17, 15) is 5.11 Å². The minimum atomic E-state index is -0.313. The Labute approximate surface area is 70.1 Å². The van der Waals surface area contributed by atoms with Crippen LogP contribution in [-0.2, 0) is 0 Å². The molecular weight excluding hydrogens is 136 g/mol. The number of aliphatic hydroxyl groups excluding tert-OH is 1. The molecule has 0 bridgehead atoms. The summed E-state index contributed by atoms with van der Waals surface area (Å²) in [6, 6.07) is 0. The van der Waals surface area contributed by atoms with Gasteiger partial charge in [0.1, 0.15) is 0 Å². The number of hydrogen-bond donors (Lipinski definition) is 1. The van der Waals surface area contributed by atoms with Gasteiger partial charge < -0.3 is 5.11 Å². The van der Waals surface area contributed by atoms with Gasteiger partial charge in [0.25, 0.3) is 0 Å². The highest BCUT2D eigenvalue weighted by Gasteiger charge is 2.23. The van der Waals surface area contributed by atoms with Crippen LogP contribution in [0.1, 0.15) is 41.5 Å². The number of allylic oxidation sites excluding steroid dienone is 1. The lowest BCUT2D eigenvalue weighted by Crippen LogP contribution is -2.27. The molecule has 66 valence electrons. The lowest BCUT2D eigenvalue weighted by Gasteiger charge is -2.27. The van der Waals surface area contributed by atoms with Crippen molar-refractivity contribution in [2.45, 2.75) is 47.6 Å². The van der Waals surface area contributed by atoms with Gasteiger partial charge in [0, 0.05) is 0 Å². The van der Waals surface area contributed by atoms with Crippen molar-refractivity contribution >= 4 is 0 Å². The summed E-state index contributed by atoms with van der Waals surface area (Å²) in [6.45, 7) is 12.2. The summed E-state index contributed by atoms with van der Waals surface area (Å²) in [5.41, 5.74) is 2.27. The molecule has 0 aromatic heterocycles. The molecular formula is C10H20O. The molecule has 1 heteroatoms. The molecule has 0 saturated carbocycles. The van der Waals surface area contributed by atoms with Crippen LogP contribution >= 0.6 is 0 Å². The number of hydrogen-bond acceptors (Lipinski definition) is 1. The average Bonchev–Trinajstić information content (AvgIpc) is 1.82. The van der Waals surface area contributed by atoms with Crippen LogP contribution in [0.5, 0.6) is 0 Å². The molecule has 0 amide bonds. The van der Waals surface area contributed by atoms with E-state index in [1.54, 1.807) is 0 Å². The van der Waals surface area contributed by atoms with E-state index in [2.05, 4.69) is 0 Å². The molecule has 0 aromatic rings. The van der Waals surface area contributed by atoms with Gasteiger partial charge in [-0.25, -0.2) is 0 Å². The van der Waals surface area contributed by atoms with Crippen LogP contribution < -0.4 is 0 Å². The second kappa shape index (κ2) is 3.40. The molecule has 0 spiro atoms. The molecule has 0 aromatic carbocycles. The van der Waals surface area contributed by atoms with Gasteiger partial charge in [0.15, 0.2) is 0 Å². The normalized spacial score (nSPS) is 14.5. The fourth-order valence-corrected chi connectivity index (χ4v) is 0.923. The smallest absolute Gasteiger partial charge is 0.0798 e. The van der Waals surface area contributed by atoms with Crippen molar-refractivity contribution in [3.63, 3.8) is 0 Å². The molecule has 0 radical (unpaired) electrons. The molecule has 1 N–H and O–H groups in total. The summed E-state index contributed by atoms with van der Waals surface area (Å²) in [5.74, 6) is 0. The maximum Gasteiger partial charge on any atom is 0.0798 e. The van der Waals surface area contributed by atoms with E-state index in [0.29, 0.717) is 0 Å². The molecule has 0 fully saturated rings. The summed E-state index contributed by atoms with van der Waals surface area (Å²) >= 11 is 0. The van der Waals surface area contributed by atoms with Gasteiger partial charge in [-0.1, -0.05) is 26.3 Å². The van der Waals surface area contributed by atoms with E-state index < -0.39 is 0 Å². The Morgan fingerprint density at radius 1 is 1.09 bits per heavy atom. The Kier molecular flexibility index (Phi) is 3.30. The summed E-state index contributed by atoms with van der Waals surface area (Å²) in [5, 5.41) is 9.77. The van der Waals surface area contributed by atoms with E-state index in [1.807, 2.05) is 41.5 Å². The monoisotopic (exact) mass is 156 g/mol. The maximum absolute atomic E-state index is 9.77. The number of aliphatic hydroxyl groups is 1. The third kappa shape index (κ3) is 3.06. The second-order valence-electron chi connectivity index (χ2n) is 4.45. The predicted octanol–water partition coefficient (Wildman–Crippen LogP) is 2.75. The van der Waals surface area contributed by atoms with Gasteiger partial charge in [-0.05, 0) is 31.8 Å². The summed E-state index contributed by atoms with van der Waals surface area (Å²) in [7, 11) is 0. The van der Waals surface area contributed by atoms with Gasteiger partial charge in [0.05, 0.1) is 6.10 Å². The lowest BCUT2D eigenvalue weighted by atomic mass is 9.84. The second-order valence-corrected chi connectivity index (χ2v) is 4.45. The minimum absolute atomic E-state index is 0.0403. The fraction of sp³-hybridized carbons (Fsp3) is 0.800. The van der Waals surface area contributed by atoms with Crippen LogP contribution in [0.15, 0.2) is 11.1 Å². The van der Waals surface area contributed by atoms with E-state index in [4.69, 9.17) is 0 Å². The Morgan fingerprint density at radius 3 is 1.55 bits per heavy atom. The third-order valence-electron chi connectivity index (χ3n) is 2.02. The van der Waals surface area contributed by atoms with Crippen molar-refractivity contribution in [1.82, 2.24) is 0 Å². The topological polar surface area (TPSA) is 20.2 Å². The third-order valence-corrected chi connectivity index (χ3v) is 2.02. The van der Waals surface area contributed by atoms with Crippen molar-refractivity contribution < 1.29 is 5.11 Å². The SMILES string of the molecule is CC(C)=C(C)C(O)C(C)(C)C. The van der Waals surface area contributed by atoms with Crippen LogP contribution in [0.25, 0.3) is 0 Å². The van der Waals surface area contributed by atoms with E-state index in [-0.39, 0.29) is 11.5 Å². The first kappa shape index (κ1) is 10.7. The molecule has 0 heterocycles. The van der Waals surface area contributed by atoms with Crippen molar-refractivity contribution in [1.29, 1.82) is 0 Å². The zero-order valence-electron chi connectivity index (χ0n) is 8.52. The summed E-state index contributed by atoms with van der Waals surface area (Å²) in [4.78, 5) is 0. The van der Waals surface area contributed by atoms with Gasteiger partial charge >= 0.3 is 0 Å². The van der Waals surface area contributed by atoms with E-state index in [1.165, 1.54) is 5.57 Å². The van der Waals surface area contributed by atoms with Crippen LogP contribution in [0.3, 0.4) is 0 Å². The Hall–Kier alpha value is -0.300. The predicted molar refractivity (Wildman–Crippen MR) is 49.5 cm³/mol. The maximum atomic E-state index is 9.77. The van der Waals surface area contributed by atoms with Gasteiger partial charge in [-0.2, -0.15) is 0 Å². The molecule has 0 aliphatic carbocycles. The van der Waals surface area contributed by atoms with E-state index in [0.717, 1.165) is 5.57 Å². The molecule has 1 unspecified atom stereocenters. The first-order chi connectivity index (χ1) is 4.76. The van der Waals surface area contributed by atoms with Crippen molar-refractivity contribution in [3.8, 4) is 0 Å². The zero-order chi connectivity index (χ0) is 9.23. The van der Waals surface area contributed by atoms with Crippen LogP contribution in [0.2, 0.25) is 0 Å². The quantitative estimate of drug-likeness (QED) is 0.579. The lowest BCUT2D eigenvalue weighted by molar-refractivity contribution is 0.0940. The first-order valence-corrected chi connectivity index (χ1v) is 4.09. The fourth-order valence-electron chi connectivity index (χ4n) is 0.923. The van der Waals surface area contributed by atoms with Gasteiger partial charge in [-0.3, -0.25) is 0 Å². The van der Waals surface area contributed by atoms with Crippen LogP contribution in [-0.4, -0.2) is 11.2 Å². The van der Waals surface area contributed by atoms with Gasteiger partial charge in [0.2, 0.25) is 0 Å². The highest BCUT2D eigenvalue weighted by Crippen LogP contribution is 2.25. The highest BCUT2D eigenvalue weighted by molar-refractivity contribution is 5.14. The minimum Gasteiger partial charge on any atom is -0.388 e. The summed E-state index contributed by atoms with van der Waals surface area (Å²) in [6.07, 6.45) is -0.313. The van der Waals surface area contributed by atoms with Crippen LogP contribution in [0, 0.1) is 5.41 Å². The molecule has 0 saturated heterocycles. The Bertz CT molecular complexity index is 156. The average molecular weight is 156 g/mol. The van der Waals surface area contributed by atoms with Crippen molar-refractivity contribution in [2.75, 3.05) is 0 Å². The summed E-state index contributed by atoms with van der Waals surface area (Å²) < 4.78 is 0. The Balaban J connectivity index is 4.52. The Morgan fingerprint density at radius 2 is 1.45 bits per heavy atom. The number of rotatable bonds is 1. The standard InChI is InChI=1S/C10H20O/c1-7(2)8(3)9(11)10(4,5)6/h9,11H,1-6H3. The van der Waals surface area contributed by atoms with E-state index >= 15 is 0 Å². The molecule has 0 aliphatic rings.